The van der Waals surface area contributed by atoms with E-state index in [1.54, 1.807) is 6.33 Å². The number of fused-ring (bicyclic) bond motifs is 1. The molecule has 0 bridgehead atoms. The van der Waals surface area contributed by atoms with Gasteiger partial charge in [-0.2, -0.15) is 4.98 Å². The number of aromatic amines is 1. The molecule has 160 valence electrons. The molecule has 2 aromatic heterocycles. The summed E-state index contributed by atoms with van der Waals surface area (Å²) < 4.78 is 1.94. The van der Waals surface area contributed by atoms with Gasteiger partial charge in [0.15, 0.2) is 11.2 Å². The molecule has 1 aliphatic rings. The van der Waals surface area contributed by atoms with Crippen LogP contribution in [0.25, 0.3) is 11.2 Å². The summed E-state index contributed by atoms with van der Waals surface area (Å²) >= 11 is 0. The Morgan fingerprint density at radius 1 is 1.21 bits per heavy atom. The third-order valence-electron chi connectivity index (χ3n) is 5.31. The van der Waals surface area contributed by atoms with E-state index < -0.39 is 5.54 Å². The quantitative estimate of drug-likeness (QED) is 0.702. The van der Waals surface area contributed by atoms with Crippen LogP contribution >= 0.6 is 0 Å². The fraction of sp³-hybridized carbons (Fsp3) is 0.714. The molecule has 8 nitrogen and oxygen atoms in total. The molecule has 0 radical (unpaired) electrons. The summed E-state index contributed by atoms with van der Waals surface area (Å²) in [5, 5.41) is 5.65. The van der Waals surface area contributed by atoms with Gasteiger partial charge >= 0.3 is 6.03 Å². The van der Waals surface area contributed by atoms with E-state index in [0.29, 0.717) is 17.1 Å². The Labute approximate surface area is 171 Å². The predicted molar refractivity (Wildman–Crippen MR) is 115 cm³/mol. The third kappa shape index (κ3) is 5.81. The van der Waals surface area contributed by atoms with Gasteiger partial charge in [-0.05, 0) is 44.4 Å². The van der Waals surface area contributed by atoms with Crippen LogP contribution < -0.4 is 16.2 Å². The molecule has 3 rings (SSSR count). The molecule has 1 fully saturated rings. The average molecular weight is 403 g/mol. The van der Waals surface area contributed by atoms with E-state index in [0.717, 1.165) is 13.0 Å². The highest BCUT2D eigenvalue weighted by atomic mass is 16.2. The number of urea groups is 1. The molecule has 1 saturated carbocycles. The van der Waals surface area contributed by atoms with Gasteiger partial charge in [-0.3, -0.25) is 15.1 Å². The highest BCUT2D eigenvalue weighted by Crippen LogP contribution is 2.27. The van der Waals surface area contributed by atoms with E-state index in [9.17, 15) is 9.59 Å². The lowest BCUT2D eigenvalue weighted by Crippen LogP contribution is -2.47. The standard InChI is InChI=1S/C21H34N6O2/c1-20(2,3)12-21(4,5)26-19(29)25-18-23-16-15(17(28)24-18)22-13-27(16)11-14-9-7-6-8-10-14/h13-14H,6-12H2,1-5H3,(H3,23,24,25,26,28,29). The number of H-pyrrole nitrogens is 1. The highest BCUT2D eigenvalue weighted by molar-refractivity contribution is 5.88. The molecule has 2 aromatic rings. The topological polar surface area (TPSA) is 105 Å². The molecule has 2 amide bonds. The van der Waals surface area contributed by atoms with E-state index in [1.165, 1.54) is 32.1 Å². The minimum Gasteiger partial charge on any atom is -0.333 e. The molecule has 0 saturated heterocycles. The summed E-state index contributed by atoms with van der Waals surface area (Å²) in [6, 6.07) is -0.389. The van der Waals surface area contributed by atoms with Crippen LogP contribution in [0.3, 0.4) is 0 Å². The number of aromatic nitrogens is 4. The van der Waals surface area contributed by atoms with Gasteiger partial charge in [-0.15, -0.1) is 0 Å². The molecular formula is C21H34N6O2. The number of imidazole rings is 1. The van der Waals surface area contributed by atoms with E-state index in [2.05, 4.69) is 46.4 Å². The number of hydrogen-bond acceptors (Lipinski definition) is 4. The maximum absolute atomic E-state index is 12.5. The van der Waals surface area contributed by atoms with Gasteiger partial charge in [-0.1, -0.05) is 40.0 Å². The lowest BCUT2D eigenvalue weighted by molar-refractivity contribution is 0.220. The summed E-state index contributed by atoms with van der Waals surface area (Å²) in [5.41, 5.74) is 0.161. The first-order chi connectivity index (χ1) is 13.5. The van der Waals surface area contributed by atoms with Crippen LogP contribution in [0.2, 0.25) is 0 Å². The Kier molecular flexibility index (Phi) is 6.00. The van der Waals surface area contributed by atoms with E-state index in [4.69, 9.17) is 0 Å². The Morgan fingerprint density at radius 2 is 1.90 bits per heavy atom. The van der Waals surface area contributed by atoms with Crippen molar-refractivity contribution in [1.29, 1.82) is 0 Å². The van der Waals surface area contributed by atoms with Gasteiger partial charge in [-0.25, -0.2) is 9.78 Å². The summed E-state index contributed by atoms with van der Waals surface area (Å²) in [6.45, 7) is 11.2. The molecule has 8 heteroatoms. The smallest absolute Gasteiger partial charge is 0.321 e. The van der Waals surface area contributed by atoms with Crippen molar-refractivity contribution in [1.82, 2.24) is 24.8 Å². The molecule has 29 heavy (non-hydrogen) atoms. The zero-order valence-electron chi connectivity index (χ0n) is 18.3. The SMILES string of the molecule is CC(C)(C)CC(C)(C)NC(=O)Nc1nc2c(ncn2CC2CCCCC2)c(=O)[nH]1. The van der Waals surface area contributed by atoms with Gasteiger partial charge in [0.1, 0.15) is 0 Å². The Balaban J connectivity index is 1.75. The molecule has 0 atom stereocenters. The van der Waals surface area contributed by atoms with Crippen molar-refractivity contribution in [3.63, 3.8) is 0 Å². The number of rotatable bonds is 5. The fourth-order valence-corrected chi connectivity index (χ4v) is 4.61. The first kappa shape index (κ1) is 21.3. The van der Waals surface area contributed by atoms with Crippen molar-refractivity contribution >= 4 is 23.1 Å². The normalized spacial score (nSPS) is 16.2. The highest BCUT2D eigenvalue weighted by Gasteiger charge is 2.27. The van der Waals surface area contributed by atoms with Crippen LogP contribution in [0.4, 0.5) is 10.7 Å². The van der Waals surface area contributed by atoms with Crippen LogP contribution in [-0.4, -0.2) is 31.1 Å². The number of anilines is 1. The monoisotopic (exact) mass is 402 g/mol. The van der Waals surface area contributed by atoms with Crippen LogP contribution in [0, 0.1) is 11.3 Å². The Morgan fingerprint density at radius 3 is 2.55 bits per heavy atom. The largest absolute Gasteiger partial charge is 0.333 e. The number of hydrogen-bond donors (Lipinski definition) is 3. The third-order valence-corrected chi connectivity index (χ3v) is 5.31. The van der Waals surface area contributed by atoms with Gasteiger partial charge < -0.3 is 9.88 Å². The molecule has 0 spiro atoms. The zero-order valence-corrected chi connectivity index (χ0v) is 18.3. The molecular weight excluding hydrogens is 368 g/mol. The summed E-state index contributed by atoms with van der Waals surface area (Å²) in [6.07, 6.45) is 8.68. The minimum atomic E-state index is -0.393. The van der Waals surface area contributed by atoms with Crippen LogP contribution in [0.15, 0.2) is 11.1 Å². The van der Waals surface area contributed by atoms with Crippen molar-refractivity contribution in [2.24, 2.45) is 11.3 Å². The predicted octanol–water partition coefficient (Wildman–Crippen LogP) is 4.04. The van der Waals surface area contributed by atoms with Gasteiger partial charge in [0, 0.05) is 12.1 Å². The Bertz CT molecular complexity index is 915. The van der Waals surface area contributed by atoms with Crippen molar-refractivity contribution in [3.8, 4) is 0 Å². The number of carbonyl (C=O) groups is 1. The minimum absolute atomic E-state index is 0.0773. The summed E-state index contributed by atoms with van der Waals surface area (Å²) in [7, 11) is 0. The molecule has 0 unspecified atom stereocenters. The zero-order chi connectivity index (χ0) is 21.2. The van der Waals surface area contributed by atoms with Crippen molar-refractivity contribution in [2.45, 2.75) is 85.2 Å². The van der Waals surface area contributed by atoms with Gasteiger partial charge in [0.25, 0.3) is 5.56 Å². The van der Waals surface area contributed by atoms with Crippen LogP contribution in [0.5, 0.6) is 0 Å². The van der Waals surface area contributed by atoms with Crippen LogP contribution in [-0.2, 0) is 6.54 Å². The van der Waals surface area contributed by atoms with Crippen molar-refractivity contribution in [2.75, 3.05) is 5.32 Å². The molecule has 1 aliphatic carbocycles. The number of amides is 2. The van der Waals surface area contributed by atoms with Crippen molar-refractivity contribution < 1.29 is 4.79 Å². The van der Waals surface area contributed by atoms with Crippen molar-refractivity contribution in [3.05, 3.63) is 16.7 Å². The summed E-state index contributed by atoms with van der Waals surface area (Å²) in [5.74, 6) is 0.720. The van der Waals surface area contributed by atoms with Crippen LogP contribution in [0.1, 0.15) is 73.1 Å². The van der Waals surface area contributed by atoms with Gasteiger partial charge in [0.05, 0.1) is 6.33 Å². The second-order valence-corrected chi connectivity index (χ2v) is 10.2. The Hall–Kier alpha value is -2.38. The molecule has 0 aromatic carbocycles. The lowest BCUT2D eigenvalue weighted by atomic mass is 9.82. The molecule has 2 heterocycles. The van der Waals surface area contributed by atoms with E-state index >= 15 is 0 Å². The lowest BCUT2D eigenvalue weighted by Gasteiger charge is -2.33. The number of nitrogens with zero attached hydrogens (tertiary/aromatic N) is 3. The number of carbonyl (C=O) groups excluding carboxylic acids is 1. The van der Waals surface area contributed by atoms with Gasteiger partial charge in [0.2, 0.25) is 5.95 Å². The first-order valence-electron chi connectivity index (χ1n) is 10.6. The second kappa shape index (κ2) is 8.16. The van der Waals surface area contributed by atoms with E-state index in [-0.39, 0.29) is 23.0 Å². The molecule has 0 aliphatic heterocycles. The van der Waals surface area contributed by atoms with E-state index in [1.807, 2.05) is 18.4 Å². The second-order valence-electron chi connectivity index (χ2n) is 10.2. The average Bonchev–Trinajstić information content (AvgIpc) is 2.96. The maximum atomic E-state index is 12.5. The maximum Gasteiger partial charge on any atom is 0.321 e. The summed E-state index contributed by atoms with van der Waals surface area (Å²) in [4.78, 5) is 36.2. The molecule has 3 N–H and O–H groups in total. The first-order valence-corrected chi connectivity index (χ1v) is 10.6. The fourth-order valence-electron chi connectivity index (χ4n) is 4.61. The number of nitrogens with one attached hydrogen (secondary N) is 3.